The average molecular weight is 257 g/mol. The van der Waals surface area contributed by atoms with Gasteiger partial charge in [-0.25, -0.2) is 0 Å². The predicted octanol–water partition coefficient (Wildman–Crippen LogP) is 3.96. The number of hydrogen-bond acceptors (Lipinski definition) is 1. The number of pyridine rings is 1. The minimum Gasteiger partial charge on any atom is -0.256 e. The van der Waals surface area contributed by atoms with E-state index < -0.39 is 0 Å². The molecule has 0 atom stereocenters. The summed E-state index contributed by atoms with van der Waals surface area (Å²) < 4.78 is 1.06. The van der Waals surface area contributed by atoms with Crippen molar-refractivity contribution in [3.05, 3.63) is 39.5 Å². The first-order valence-electron chi connectivity index (χ1n) is 3.89. The van der Waals surface area contributed by atoms with Crippen LogP contribution in [-0.4, -0.2) is 4.98 Å². The molecule has 1 aromatic heterocycles. The van der Waals surface area contributed by atoms with Crippen LogP contribution in [0.3, 0.4) is 0 Å². The van der Waals surface area contributed by atoms with Crippen LogP contribution in [0.1, 0.15) is 5.56 Å². The number of aromatic nitrogens is 1. The largest absolute Gasteiger partial charge is 0.256 e. The second kappa shape index (κ2) is 3.28. The fourth-order valence-electron chi connectivity index (χ4n) is 1.35. The molecule has 0 bridgehead atoms. The Morgan fingerprint density at radius 3 is 2.85 bits per heavy atom. The summed E-state index contributed by atoms with van der Waals surface area (Å²) in [5.74, 6) is 0. The van der Waals surface area contributed by atoms with Gasteiger partial charge in [0, 0.05) is 16.1 Å². The Kier molecular flexibility index (Phi) is 2.26. The van der Waals surface area contributed by atoms with Gasteiger partial charge in [0.25, 0.3) is 0 Å². The van der Waals surface area contributed by atoms with Gasteiger partial charge in [-0.15, -0.1) is 0 Å². The summed E-state index contributed by atoms with van der Waals surface area (Å²) in [4.78, 5) is 4.24. The van der Waals surface area contributed by atoms with E-state index >= 15 is 0 Å². The van der Waals surface area contributed by atoms with E-state index in [0.29, 0.717) is 0 Å². The summed E-state index contributed by atoms with van der Waals surface area (Å²) in [6.45, 7) is 2.03. The van der Waals surface area contributed by atoms with E-state index in [4.69, 9.17) is 11.6 Å². The van der Waals surface area contributed by atoms with Crippen LogP contribution in [-0.2, 0) is 0 Å². The van der Waals surface area contributed by atoms with Gasteiger partial charge in [0.15, 0.2) is 0 Å². The van der Waals surface area contributed by atoms with Crippen molar-refractivity contribution >= 4 is 38.4 Å². The molecule has 2 rings (SSSR count). The van der Waals surface area contributed by atoms with Crippen molar-refractivity contribution in [2.24, 2.45) is 0 Å². The van der Waals surface area contributed by atoms with Crippen molar-refractivity contribution in [1.82, 2.24) is 4.98 Å². The molecule has 2 aromatic rings. The Morgan fingerprint density at radius 1 is 1.31 bits per heavy atom. The Morgan fingerprint density at radius 2 is 2.08 bits per heavy atom. The second-order valence-electron chi connectivity index (χ2n) is 2.86. The van der Waals surface area contributed by atoms with Gasteiger partial charge in [0.1, 0.15) is 0 Å². The minimum absolute atomic E-state index is 0.754. The lowest BCUT2D eigenvalue weighted by molar-refractivity contribution is 1.38. The quantitative estimate of drug-likeness (QED) is 0.695. The summed E-state index contributed by atoms with van der Waals surface area (Å²) in [6, 6.07) is 5.75. The molecule has 0 spiro atoms. The van der Waals surface area contributed by atoms with Crippen LogP contribution in [0.15, 0.2) is 28.9 Å². The third-order valence-electron chi connectivity index (χ3n) is 2.05. The zero-order valence-electron chi connectivity index (χ0n) is 7.01. The van der Waals surface area contributed by atoms with Gasteiger partial charge in [-0.05, 0) is 30.7 Å². The van der Waals surface area contributed by atoms with Crippen LogP contribution in [0, 0.1) is 6.92 Å². The Labute approximate surface area is 89.9 Å². The molecule has 1 nitrogen and oxygen atoms in total. The molecule has 0 aliphatic heterocycles. The van der Waals surface area contributed by atoms with Crippen molar-refractivity contribution in [1.29, 1.82) is 0 Å². The van der Waals surface area contributed by atoms with Gasteiger partial charge < -0.3 is 0 Å². The van der Waals surface area contributed by atoms with Gasteiger partial charge in [0.2, 0.25) is 0 Å². The van der Waals surface area contributed by atoms with E-state index in [2.05, 4.69) is 20.9 Å². The SMILES string of the molecule is Cc1c(Br)ccc2nccc(Cl)c12. The highest BCUT2D eigenvalue weighted by molar-refractivity contribution is 9.10. The fraction of sp³-hybridized carbons (Fsp3) is 0.100. The van der Waals surface area contributed by atoms with Crippen molar-refractivity contribution in [3.8, 4) is 0 Å². The molecule has 0 unspecified atom stereocenters. The van der Waals surface area contributed by atoms with Gasteiger partial charge in [-0.1, -0.05) is 27.5 Å². The van der Waals surface area contributed by atoms with Crippen LogP contribution < -0.4 is 0 Å². The molecule has 0 radical (unpaired) electrons. The van der Waals surface area contributed by atoms with Gasteiger partial charge in [-0.3, -0.25) is 4.98 Å². The third-order valence-corrected chi connectivity index (χ3v) is 3.22. The van der Waals surface area contributed by atoms with E-state index in [1.54, 1.807) is 6.20 Å². The Balaban J connectivity index is 2.97. The number of hydrogen-bond donors (Lipinski definition) is 0. The average Bonchev–Trinajstić information content (AvgIpc) is 2.12. The van der Waals surface area contributed by atoms with E-state index in [1.165, 1.54) is 0 Å². The molecule has 0 saturated carbocycles. The number of rotatable bonds is 0. The second-order valence-corrected chi connectivity index (χ2v) is 4.12. The molecule has 0 amide bonds. The molecule has 0 saturated heterocycles. The highest BCUT2D eigenvalue weighted by Crippen LogP contribution is 2.29. The van der Waals surface area contributed by atoms with E-state index in [9.17, 15) is 0 Å². The highest BCUT2D eigenvalue weighted by Gasteiger charge is 2.05. The van der Waals surface area contributed by atoms with Crippen molar-refractivity contribution in [3.63, 3.8) is 0 Å². The molecular weight excluding hydrogens is 249 g/mol. The van der Waals surface area contributed by atoms with Crippen LogP contribution in [0.2, 0.25) is 5.02 Å². The summed E-state index contributed by atoms with van der Waals surface area (Å²) in [5.41, 5.74) is 2.07. The van der Waals surface area contributed by atoms with Crippen LogP contribution >= 0.6 is 27.5 Å². The molecule has 0 N–H and O–H groups in total. The summed E-state index contributed by atoms with van der Waals surface area (Å²) in [7, 11) is 0. The number of nitrogens with zero attached hydrogens (tertiary/aromatic N) is 1. The molecule has 13 heavy (non-hydrogen) atoms. The number of fused-ring (bicyclic) bond motifs is 1. The normalized spacial score (nSPS) is 10.7. The lowest BCUT2D eigenvalue weighted by atomic mass is 10.1. The van der Waals surface area contributed by atoms with E-state index in [1.807, 2.05) is 25.1 Å². The lowest BCUT2D eigenvalue weighted by Gasteiger charge is -2.04. The van der Waals surface area contributed by atoms with Crippen molar-refractivity contribution in [2.45, 2.75) is 6.92 Å². The molecule has 1 heterocycles. The minimum atomic E-state index is 0.754. The van der Waals surface area contributed by atoms with Gasteiger partial charge in [0.05, 0.1) is 10.5 Å². The van der Waals surface area contributed by atoms with Gasteiger partial charge >= 0.3 is 0 Å². The standard InChI is InChI=1S/C10H7BrClN/c1-6-7(11)2-3-9-10(6)8(12)4-5-13-9/h2-5H,1H3. The number of halogens is 2. The van der Waals surface area contributed by atoms with Crippen LogP contribution in [0.4, 0.5) is 0 Å². The summed E-state index contributed by atoms with van der Waals surface area (Å²) >= 11 is 9.54. The number of aryl methyl sites for hydroxylation is 1. The van der Waals surface area contributed by atoms with E-state index in [-0.39, 0.29) is 0 Å². The summed E-state index contributed by atoms with van der Waals surface area (Å²) in [5, 5.41) is 1.78. The lowest BCUT2D eigenvalue weighted by Crippen LogP contribution is -1.84. The maximum atomic E-state index is 6.07. The van der Waals surface area contributed by atoms with Crippen molar-refractivity contribution in [2.75, 3.05) is 0 Å². The molecule has 3 heteroatoms. The molecule has 66 valence electrons. The third kappa shape index (κ3) is 1.45. The first-order valence-corrected chi connectivity index (χ1v) is 5.06. The molecule has 1 aromatic carbocycles. The molecular formula is C10H7BrClN. The maximum absolute atomic E-state index is 6.07. The zero-order valence-corrected chi connectivity index (χ0v) is 9.35. The Bertz CT molecular complexity index is 468. The molecule has 0 fully saturated rings. The monoisotopic (exact) mass is 255 g/mol. The van der Waals surface area contributed by atoms with E-state index in [0.717, 1.165) is 26.0 Å². The van der Waals surface area contributed by atoms with Crippen LogP contribution in [0.5, 0.6) is 0 Å². The maximum Gasteiger partial charge on any atom is 0.0720 e. The fourth-order valence-corrected chi connectivity index (χ4v) is 1.97. The first-order chi connectivity index (χ1) is 6.20. The highest BCUT2D eigenvalue weighted by atomic mass is 79.9. The Hall–Kier alpha value is -0.600. The molecule has 0 aliphatic carbocycles. The predicted molar refractivity (Wildman–Crippen MR) is 59.2 cm³/mol. The van der Waals surface area contributed by atoms with Crippen LogP contribution in [0.25, 0.3) is 10.9 Å². The smallest absolute Gasteiger partial charge is 0.0720 e. The molecule has 0 aliphatic rings. The van der Waals surface area contributed by atoms with Crippen molar-refractivity contribution < 1.29 is 0 Å². The number of benzene rings is 1. The zero-order chi connectivity index (χ0) is 9.42. The topological polar surface area (TPSA) is 12.9 Å². The first kappa shape index (κ1) is 8.97. The van der Waals surface area contributed by atoms with Gasteiger partial charge in [-0.2, -0.15) is 0 Å². The summed E-state index contributed by atoms with van der Waals surface area (Å²) in [6.07, 6.45) is 1.72.